The minimum absolute atomic E-state index is 0.395. The van der Waals surface area contributed by atoms with Gasteiger partial charge in [0.15, 0.2) is 0 Å². The van der Waals surface area contributed by atoms with Crippen molar-refractivity contribution in [2.75, 3.05) is 6.54 Å². The number of nitrogens with one attached hydrogen (secondary N) is 1. The molecule has 1 atom stereocenters. The highest BCUT2D eigenvalue weighted by atomic mass is 32.1. The van der Waals surface area contributed by atoms with E-state index in [-0.39, 0.29) is 0 Å². The van der Waals surface area contributed by atoms with Gasteiger partial charge in [0.05, 0.1) is 5.69 Å². The van der Waals surface area contributed by atoms with Crippen molar-refractivity contribution in [3.8, 4) is 0 Å². The molecule has 2 rings (SSSR count). The van der Waals surface area contributed by atoms with Gasteiger partial charge in [-0.25, -0.2) is 0 Å². The summed E-state index contributed by atoms with van der Waals surface area (Å²) in [6.07, 6.45) is 1.01. The number of aromatic nitrogens is 2. The van der Waals surface area contributed by atoms with Gasteiger partial charge in [0.2, 0.25) is 0 Å². The molecule has 0 spiro atoms. The molecule has 1 unspecified atom stereocenters. The van der Waals surface area contributed by atoms with Gasteiger partial charge in [0, 0.05) is 23.7 Å². The summed E-state index contributed by atoms with van der Waals surface area (Å²) in [6, 6.07) is 2.60. The highest BCUT2D eigenvalue weighted by Gasteiger charge is 2.19. The average Bonchev–Trinajstić information content (AvgIpc) is 2.88. The van der Waals surface area contributed by atoms with E-state index in [1.807, 2.05) is 23.1 Å². The topological polar surface area (TPSA) is 29.9 Å². The van der Waals surface area contributed by atoms with Crippen LogP contribution in [0.25, 0.3) is 0 Å². The van der Waals surface area contributed by atoms with Crippen molar-refractivity contribution in [3.63, 3.8) is 0 Å². The van der Waals surface area contributed by atoms with Crippen LogP contribution >= 0.6 is 11.3 Å². The van der Waals surface area contributed by atoms with Gasteiger partial charge in [-0.3, -0.25) is 4.68 Å². The van der Waals surface area contributed by atoms with E-state index in [1.54, 1.807) is 0 Å². The molecule has 1 N–H and O–H groups in total. The zero-order valence-electron chi connectivity index (χ0n) is 12.4. The molecule has 0 aliphatic carbocycles. The van der Waals surface area contributed by atoms with Crippen molar-refractivity contribution in [1.29, 1.82) is 0 Å². The third-order valence-corrected chi connectivity index (χ3v) is 4.87. The van der Waals surface area contributed by atoms with Crippen molar-refractivity contribution in [2.24, 2.45) is 7.05 Å². The minimum Gasteiger partial charge on any atom is -0.309 e. The molecule has 0 fully saturated rings. The average molecular weight is 277 g/mol. The van der Waals surface area contributed by atoms with Crippen LogP contribution in [0.2, 0.25) is 0 Å². The fourth-order valence-electron chi connectivity index (χ4n) is 2.56. The maximum Gasteiger partial charge on any atom is 0.0629 e. The van der Waals surface area contributed by atoms with Gasteiger partial charge < -0.3 is 5.32 Å². The van der Waals surface area contributed by atoms with E-state index < -0.39 is 0 Å². The van der Waals surface area contributed by atoms with Crippen LogP contribution in [0.5, 0.6) is 0 Å². The second-order valence-corrected chi connectivity index (χ2v) is 6.00. The third-order valence-electron chi connectivity index (χ3n) is 3.74. The highest BCUT2D eigenvalue weighted by molar-refractivity contribution is 7.10. The van der Waals surface area contributed by atoms with Crippen LogP contribution in [-0.2, 0) is 13.5 Å². The smallest absolute Gasteiger partial charge is 0.0629 e. The van der Waals surface area contributed by atoms with Gasteiger partial charge in [0.25, 0.3) is 0 Å². The third kappa shape index (κ3) is 2.90. The second-order valence-electron chi connectivity index (χ2n) is 5.06. The molecule has 104 valence electrons. The molecule has 0 aliphatic rings. The normalized spacial score (nSPS) is 12.9. The Balaban J connectivity index is 2.29. The van der Waals surface area contributed by atoms with Crippen molar-refractivity contribution in [2.45, 2.75) is 40.2 Å². The van der Waals surface area contributed by atoms with E-state index in [4.69, 9.17) is 0 Å². The zero-order chi connectivity index (χ0) is 14.0. The van der Waals surface area contributed by atoms with Gasteiger partial charge in [-0.15, -0.1) is 11.3 Å². The van der Waals surface area contributed by atoms with E-state index in [0.717, 1.165) is 18.7 Å². The Morgan fingerprint density at radius 1 is 1.37 bits per heavy atom. The molecule has 19 heavy (non-hydrogen) atoms. The summed E-state index contributed by atoms with van der Waals surface area (Å²) in [5.74, 6) is 0. The maximum atomic E-state index is 4.52. The van der Waals surface area contributed by atoms with Gasteiger partial charge >= 0.3 is 0 Å². The first-order valence-corrected chi connectivity index (χ1v) is 7.69. The lowest BCUT2D eigenvalue weighted by atomic mass is 10.0. The summed E-state index contributed by atoms with van der Waals surface area (Å²) in [4.78, 5) is 1.45. The van der Waals surface area contributed by atoms with Crippen molar-refractivity contribution in [3.05, 3.63) is 38.8 Å². The van der Waals surface area contributed by atoms with Crippen molar-refractivity contribution < 1.29 is 0 Å². The first-order valence-electron chi connectivity index (χ1n) is 6.81. The number of hydrogen-bond donors (Lipinski definition) is 1. The highest BCUT2D eigenvalue weighted by Crippen LogP contribution is 2.28. The van der Waals surface area contributed by atoms with E-state index in [9.17, 15) is 0 Å². The fourth-order valence-corrected chi connectivity index (χ4v) is 3.57. The lowest BCUT2D eigenvalue weighted by molar-refractivity contribution is 0.553. The Kier molecular flexibility index (Phi) is 4.42. The lowest BCUT2D eigenvalue weighted by Crippen LogP contribution is -2.23. The quantitative estimate of drug-likeness (QED) is 0.909. The SMILES string of the molecule is CCNC(Cc1c(C)nn(C)c1C)c1sccc1C. The predicted octanol–water partition coefficient (Wildman–Crippen LogP) is 3.30. The van der Waals surface area contributed by atoms with E-state index in [2.05, 4.69) is 49.6 Å². The summed E-state index contributed by atoms with van der Waals surface area (Å²) in [5, 5.41) is 10.3. The Morgan fingerprint density at radius 3 is 2.58 bits per heavy atom. The number of hydrogen-bond acceptors (Lipinski definition) is 3. The molecule has 0 aliphatic heterocycles. The predicted molar refractivity (Wildman–Crippen MR) is 81.9 cm³/mol. The van der Waals surface area contributed by atoms with Crippen LogP contribution in [0.4, 0.5) is 0 Å². The first-order chi connectivity index (χ1) is 9.04. The Hall–Kier alpha value is -1.13. The van der Waals surface area contributed by atoms with Gasteiger partial charge in [0.1, 0.15) is 0 Å². The van der Waals surface area contributed by atoms with Crippen LogP contribution in [0, 0.1) is 20.8 Å². The summed E-state index contributed by atoms with van der Waals surface area (Å²) in [6.45, 7) is 9.60. The van der Waals surface area contributed by atoms with Gasteiger partial charge in [-0.2, -0.15) is 5.10 Å². The summed E-state index contributed by atoms with van der Waals surface area (Å²) in [7, 11) is 2.02. The van der Waals surface area contributed by atoms with E-state index in [0.29, 0.717) is 6.04 Å². The second kappa shape index (κ2) is 5.88. The number of aryl methyl sites for hydroxylation is 3. The van der Waals surface area contributed by atoms with Crippen LogP contribution in [0.15, 0.2) is 11.4 Å². The lowest BCUT2D eigenvalue weighted by Gasteiger charge is -2.18. The molecule has 0 amide bonds. The summed E-state index contributed by atoms with van der Waals surface area (Å²) in [5.41, 5.74) is 5.18. The molecule has 0 radical (unpaired) electrons. The molecule has 2 heterocycles. The van der Waals surface area contributed by atoms with Crippen LogP contribution in [0.1, 0.15) is 40.4 Å². The zero-order valence-corrected chi connectivity index (χ0v) is 13.3. The van der Waals surface area contributed by atoms with Gasteiger partial charge in [-0.1, -0.05) is 6.92 Å². The Bertz CT molecular complexity index is 554. The van der Waals surface area contributed by atoms with Crippen molar-refractivity contribution in [1.82, 2.24) is 15.1 Å². The molecule has 0 saturated heterocycles. The number of thiophene rings is 1. The molecule has 0 aromatic carbocycles. The molecular formula is C15H23N3S. The fraction of sp³-hybridized carbons (Fsp3) is 0.533. The van der Waals surface area contributed by atoms with Gasteiger partial charge in [-0.05, 0) is 56.3 Å². The standard InChI is InChI=1S/C15H23N3S/c1-6-16-14(15-10(2)7-8-19-15)9-13-11(3)17-18(5)12(13)4/h7-8,14,16H,6,9H2,1-5H3. The van der Waals surface area contributed by atoms with E-state index >= 15 is 0 Å². The Labute approximate surface area is 119 Å². The van der Waals surface area contributed by atoms with Crippen LogP contribution in [-0.4, -0.2) is 16.3 Å². The molecule has 0 saturated carbocycles. The van der Waals surface area contributed by atoms with Crippen LogP contribution < -0.4 is 5.32 Å². The molecule has 3 nitrogen and oxygen atoms in total. The Morgan fingerprint density at radius 2 is 2.11 bits per heavy atom. The molecule has 2 aromatic heterocycles. The molecule has 4 heteroatoms. The van der Waals surface area contributed by atoms with Crippen molar-refractivity contribution >= 4 is 11.3 Å². The maximum absolute atomic E-state index is 4.52. The molecule has 2 aromatic rings. The van der Waals surface area contributed by atoms with E-state index in [1.165, 1.54) is 21.7 Å². The molecule has 0 bridgehead atoms. The number of rotatable bonds is 5. The largest absolute Gasteiger partial charge is 0.309 e. The minimum atomic E-state index is 0.395. The monoisotopic (exact) mass is 277 g/mol. The van der Waals surface area contributed by atoms with Crippen LogP contribution in [0.3, 0.4) is 0 Å². The first kappa shape index (κ1) is 14.3. The molecular weight excluding hydrogens is 254 g/mol. The summed E-state index contributed by atoms with van der Waals surface area (Å²) < 4.78 is 1.98. The number of likely N-dealkylation sites (N-methyl/N-ethyl adjacent to an activating group) is 1. The summed E-state index contributed by atoms with van der Waals surface area (Å²) >= 11 is 1.85. The number of nitrogens with zero attached hydrogens (tertiary/aromatic N) is 2.